The van der Waals surface area contributed by atoms with Crippen molar-refractivity contribution in [3.8, 4) is 0 Å². The van der Waals surface area contributed by atoms with E-state index in [-0.39, 0.29) is 5.82 Å². The quantitative estimate of drug-likeness (QED) is 0.786. The maximum atomic E-state index is 14.0. The Kier molecular flexibility index (Phi) is 5.83. The highest BCUT2D eigenvalue weighted by molar-refractivity contribution is 7.99. The summed E-state index contributed by atoms with van der Waals surface area (Å²) in [6, 6.07) is 13.8. The van der Waals surface area contributed by atoms with Crippen molar-refractivity contribution in [3.05, 3.63) is 59.4 Å². The van der Waals surface area contributed by atoms with Crippen LogP contribution in [0.15, 0.2) is 52.3 Å². The van der Waals surface area contributed by atoms with E-state index in [1.165, 1.54) is 11.6 Å². The smallest absolute Gasteiger partial charge is 0.128 e. The standard InChI is InChI=1S/C18H22FNS/c1-4-20-12-16-17(19)6-5-7-18(16)21-15-10-8-14(9-11-15)13(2)3/h5-11,13,20H,4,12H2,1-3H3. The van der Waals surface area contributed by atoms with Crippen LogP contribution < -0.4 is 5.32 Å². The third kappa shape index (κ3) is 4.32. The zero-order valence-corrected chi connectivity index (χ0v) is 13.6. The minimum absolute atomic E-state index is 0.139. The van der Waals surface area contributed by atoms with Gasteiger partial charge in [0.25, 0.3) is 0 Å². The van der Waals surface area contributed by atoms with Gasteiger partial charge >= 0.3 is 0 Å². The lowest BCUT2D eigenvalue weighted by Crippen LogP contribution is -2.13. The van der Waals surface area contributed by atoms with Gasteiger partial charge in [-0.15, -0.1) is 0 Å². The lowest BCUT2D eigenvalue weighted by atomic mass is 10.0. The lowest BCUT2D eigenvalue weighted by Gasteiger charge is -2.11. The Hall–Kier alpha value is -1.32. The molecule has 2 aromatic carbocycles. The van der Waals surface area contributed by atoms with Gasteiger partial charge in [0.2, 0.25) is 0 Å². The maximum Gasteiger partial charge on any atom is 0.128 e. The SMILES string of the molecule is CCNCc1c(F)cccc1Sc1ccc(C(C)C)cc1. The summed E-state index contributed by atoms with van der Waals surface area (Å²) in [7, 11) is 0. The average Bonchev–Trinajstić information content (AvgIpc) is 2.47. The van der Waals surface area contributed by atoms with Crippen LogP contribution in [0.5, 0.6) is 0 Å². The highest BCUT2D eigenvalue weighted by Crippen LogP contribution is 2.32. The van der Waals surface area contributed by atoms with Gasteiger partial charge in [-0.25, -0.2) is 4.39 Å². The molecule has 0 bridgehead atoms. The van der Waals surface area contributed by atoms with Crippen LogP contribution in [0, 0.1) is 5.82 Å². The van der Waals surface area contributed by atoms with Gasteiger partial charge in [-0.2, -0.15) is 0 Å². The first kappa shape index (κ1) is 16.1. The zero-order valence-electron chi connectivity index (χ0n) is 12.8. The molecule has 1 N–H and O–H groups in total. The van der Waals surface area contributed by atoms with E-state index >= 15 is 0 Å². The van der Waals surface area contributed by atoms with E-state index < -0.39 is 0 Å². The van der Waals surface area contributed by atoms with E-state index in [0.717, 1.165) is 21.9 Å². The van der Waals surface area contributed by atoms with Gasteiger partial charge in [0.1, 0.15) is 5.82 Å². The van der Waals surface area contributed by atoms with E-state index in [0.29, 0.717) is 12.5 Å². The van der Waals surface area contributed by atoms with E-state index in [1.54, 1.807) is 17.8 Å². The van der Waals surface area contributed by atoms with Crippen LogP contribution in [0.3, 0.4) is 0 Å². The van der Waals surface area contributed by atoms with Crippen molar-refractivity contribution in [1.29, 1.82) is 0 Å². The van der Waals surface area contributed by atoms with Crippen molar-refractivity contribution in [2.24, 2.45) is 0 Å². The minimum Gasteiger partial charge on any atom is -0.313 e. The summed E-state index contributed by atoms with van der Waals surface area (Å²) in [5.74, 6) is 0.391. The third-order valence-electron chi connectivity index (χ3n) is 3.40. The number of hydrogen-bond donors (Lipinski definition) is 1. The van der Waals surface area contributed by atoms with Crippen LogP contribution in [0.1, 0.15) is 37.8 Å². The molecule has 0 atom stereocenters. The lowest BCUT2D eigenvalue weighted by molar-refractivity contribution is 0.586. The van der Waals surface area contributed by atoms with E-state index in [4.69, 9.17) is 0 Å². The zero-order chi connectivity index (χ0) is 15.2. The van der Waals surface area contributed by atoms with Crippen molar-refractivity contribution in [2.75, 3.05) is 6.54 Å². The number of rotatable bonds is 6. The Morgan fingerprint density at radius 2 is 1.81 bits per heavy atom. The Morgan fingerprint density at radius 1 is 1.10 bits per heavy atom. The number of benzene rings is 2. The Bertz CT molecular complexity index is 578. The van der Waals surface area contributed by atoms with Gasteiger partial charge < -0.3 is 5.32 Å². The topological polar surface area (TPSA) is 12.0 Å². The van der Waals surface area contributed by atoms with Crippen LogP contribution >= 0.6 is 11.8 Å². The summed E-state index contributed by atoms with van der Waals surface area (Å²) in [6.45, 7) is 7.79. The second-order valence-corrected chi connectivity index (χ2v) is 6.44. The first-order valence-corrected chi connectivity index (χ1v) is 8.19. The molecule has 0 fully saturated rings. The van der Waals surface area contributed by atoms with Crippen molar-refractivity contribution in [3.63, 3.8) is 0 Å². The van der Waals surface area contributed by atoms with Gasteiger partial charge in [-0.05, 0) is 42.3 Å². The summed E-state index contributed by atoms with van der Waals surface area (Å²) in [4.78, 5) is 2.12. The molecular formula is C18H22FNS. The van der Waals surface area contributed by atoms with E-state index in [1.807, 2.05) is 13.0 Å². The number of nitrogens with one attached hydrogen (secondary N) is 1. The van der Waals surface area contributed by atoms with E-state index in [9.17, 15) is 4.39 Å². The molecule has 0 saturated carbocycles. The Morgan fingerprint density at radius 3 is 2.43 bits per heavy atom. The highest BCUT2D eigenvalue weighted by atomic mass is 32.2. The molecule has 0 saturated heterocycles. The summed E-state index contributed by atoms with van der Waals surface area (Å²) < 4.78 is 14.0. The molecule has 0 aliphatic carbocycles. The van der Waals surface area contributed by atoms with E-state index in [2.05, 4.69) is 43.4 Å². The largest absolute Gasteiger partial charge is 0.313 e. The molecule has 0 aliphatic rings. The predicted molar refractivity (Wildman–Crippen MR) is 88.4 cm³/mol. The maximum absolute atomic E-state index is 14.0. The Labute approximate surface area is 131 Å². The monoisotopic (exact) mass is 303 g/mol. The summed E-state index contributed by atoms with van der Waals surface area (Å²) in [5.41, 5.74) is 2.07. The molecule has 2 rings (SSSR count). The third-order valence-corrected chi connectivity index (χ3v) is 4.51. The summed E-state index contributed by atoms with van der Waals surface area (Å²) >= 11 is 1.62. The van der Waals surface area contributed by atoms with Crippen LogP contribution in [0.25, 0.3) is 0 Å². The van der Waals surface area contributed by atoms with Crippen LogP contribution in [-0.4, -0.2) is 6.54 Å². The van der Waals surface area contributed by atoms with Gasteiger partial charge in [0, 0.05) is 21.9 Å². The molecule has 112 valence electrons. The molecule has 21 heavy (non-hydrogen) atoms. The van der Waals surface area contributed by atoms with Gasteiger partial charge in [-0.1, -0.05) is 50.7 Å². The second-order valence-electron chi connectivity index (χ2n) is 5.32. The van der Waals surface area contributed by atoms with Crippen molar-refractivity contribution < 1.29 is 4.39 Å². The van der Waals surface area contributed by atoms with Crippen LogP contribution in [-0.2, 0) is 6.54 Å². The van der Waals surface area contributed by atoms with Gasteiger partial charge in [0.05, 0.1) is 0 Å². The fourth-order valence-corrected chi connectivity index (χ4v) is 3.07. The average molecular weight is 303 g/mol. The molecule has 0 aromatic heterocycles. The van der Waals surface area contributed by atoms with Crippen molar-refractivity contribution >= 4 is 11.8 Å². The molecule has 0 aliphatic heterocycles. The molecule has 0 heterocycles. The van der Waals surface area contributed by atoms with Crippen molar-refractivity contribution in [2.45, 2.75) is 43.0 Å². The van der Waals surface area contributed by atoms with Crippen LogP contribution in [0.4, 0.5) is 4.39 Å². The van der Waals surface area contributed by atoms with Crippen LogP contribution in [0.2, 0.25) is 0 Å². The first-order chi connectivity index (χ1) is 10.1. The normalized spacial score (nSPS) is 11.1. The molecule has 1 nitrogen and oxygen atoms in total. The number of hydrogen-bond acceptors (Lipinski definition) is 2. The number of halogens is 1. The Balaban J connectivity index is 2.20. The fourth-order valence-electron chi connectivity index (χ4n) is 2.10. The summed E-state index contributed by atoms with van der Waals surface area (Å²) in [6.07, 6.45) is 0. The van der Waals surface area contributed by atoms with Crippen molar-refractivity contribution in [1.82, 2.24) is 5.32 Å². The molecule has 0 amide bonds. The molecule has 0 unspecified atom stereocenters. The highest BCUT2D eigenvalue weighted by Gasteiger charge is 2.09. The predicted octanol–water partition coefficient (Wildman–Crippen LogP) is 5.21. The minimum atomic E-state index is -0.139. The molecular weight excluding hydrogens is 281 g/mol. The molecule has 2 aromatic rings. The van der Waals surface area contributed by atoms with Gasteiger partial charge in [0.15, 0.2) is 0 Å². The molecule has 0 spiro atoms. The fraction of sp³-hybridized carbons (Fsp3) is 0.333. The first-order valence-electron chi connectivity index (χ1n) is 7.37. The molecule has 3 heteroatoms. The second kappa shape index (κ2) is 7.62. The van der Waals surface area contributed by atoms with Gasteiger partial charge in [-0.3, -0.25) is 0 Å². The summed E-state index contributed by atoms with van der Waals surface area (Å²) in [5, 5.41) is 3.20. The molecule has 0 radical (unpaired) electrons.